The summed E-state index contributed by atoms with van der Waals surface area (Å²) in [5.74, 6) is -0.0484. The first-order valence-corrected chi connectivity index (χ1v) is 8.59. The molecule has 0 bridgehead atoms. The predicted octanol–water partition coefficient (Wildman–Crippen LogP) is 3.67. The Bertz CT molecular complexity index is 798. The summed E-state index contributed by atoms with van der Waals surface area (Å²) in [6.45, 7) is 1.31. The summed E-state index contributed by atoms with van der Waals surface area (Å²) in [5.41, 5.74) is 2.97. The van der Waals surface area contributed by atoms with E-state index in [2.05, 4.69) is 32.4 Å². The molecule has 0 radical (unpaired) electrons. The molecule has 5 heteroatoms. The largest absolute Gasteiger partial charge is 0.352 e. The van der Waals surface area contributed by atoms with Gasteiger partial charge in [-0.1, -0.05) is 46.3 Å². The monoisotopic (exact) mass is 383 g/mol. The molecule has 4 nitrogen and oxygen atoms in total. The van der Waals surface area contributed by atoms with Crippen molar-refractivity contribution < 1.29 is 4.79 Å². The van der Waals surface area contributed by atoms with Crippen molar-refractivity contribution in [2.24, 2.45) is 0 Å². The number of carbonyl (C=O) groups is 1. The molecule has 3 rings (SSSR count). The first-order valence-electron chi connectivity index (χ1n) is 7.80. The van der Waals surface area contributed by atoms with Gasteiger partial charge in [0.15, 0.2) is 0 Å². The second kappa shape index (κ2) is 7.93. The van der Waals surface area contributed by atoms with Crippen LogP contribution in [0, 0.1) is 0 Å². The lowest BCUT2D eigenvalue weighted by atomic mass is 10.1. The predicted molar refractivity (Wildman–Crippen MR) is 98.0 cm³/mol. The molecule has 0 aliphatic carbocycles. The molecule has 0 atom stereocenters. The van der Waals surface area contributed by atoms with Gasteiger partial charge in [0.25, 0.3) is 5.91 Å². The fourth-order valence-electron chi connectivity index (χ4n) is 2.46. The van der Waals surface area contributed by atoms with Crippen LogP contribution in [0.2, 0.25) is 0 Å². The van der Waals surface area contributed by atoms with E-state index < -0.39 is 0 Å². The van der Waals surface area contributed by atoms with E-state index >= 15 is 0 Å². The fourth-order valence-corrected chi connectivity index (χ4v) is 2.94. The van der Waals surface area contributed by atoms with Crippen LogP contribution in [-0.2, 0) is 13.0 Å². The average molecular weight is 384 g/mol. The molecule has 0 saturated heterocycles. The molecule has 1 amide bonds. The number of nitrogens with zero attached hydrogens (tertiary/aromatic N) is 2. The van der Waals surface area contributed by atoms with Crippen LogP contribution in [0.25, 0.3) is 0 Å². The van der Waals surface area contributed by atoms with Crippen molar-refractivity contribution in [1.82, 2.24) is 15.1 Å². The number of hydrogen-bond donors (Lipinski definition) is 1. The highest BCUT2D eigenvalue weighted by Gasteiger charge is 2.06. The number of aromatic nitrogens is 2. The van der Waals surface area contributed by atoms with Gasteiger partial charge in [-0.3, -0.25) is 9.48 Å². The van der Waals surface area contributed by atoms with Gasteiger partial charge in [0.1, 0.15) is 0 Å². The molecule has 3 aromatic rings. The molecular weight excluding hydrogens is 366 g/mol. The molecule has 0 saturated carbocycles. The van der Waals surface area contributed by atoms with E-state index in [1.54, 1.807) is 6.20 Å². The number of nitrogens with one attached hydrogen (secondary N) is 1. The molecule has 1 heterocycles. The van der Waals surface area contributed by atoms with Crippen LogP contribution in [0.1, 0.15) is 21.5 Å². The minimum atomic E-state index is -0.0484. The zero-order chi connectivity index (χ0) is 16.8. The van der Waals surface area contributed by atoms with E-state index in [-0.39, 0.29) is 5.91 Å². The topological polar surface area (TPSA) is 46.9 Å². The van der Waals surface area contributed by atoms with Gasteiger partial charge >= 0.3 is 0 Å². The molecule has 0 unspecified atom stereocenters. The van der Waals surface area contributed by atoms with Gasteiger partial charge in [-0.2, -0.15) is 5.10 Å². The molecular formula is C19H18BrN3O. The Morgan fingerprint density at radius 3 is 2.58 bits per heavy atom. The maximum Gasteiger partial charge on any atom is 0.251 e. The third-order valence-electron chi connectivity index (χ3n) is 3.76. The summed E-state index contributed by atoms with van der Waals surface area (Å²) in [6.07, 6.45) is 4.47. The van der Waals surface area contributed by atoms with Crippen molar-refractivity contribution in [2.75, 3.05) is 6.54 Å². The van der Waals surface area contributed by atoms with E-state index in [1.165, 1.54) is 5.56 Å². The second-order valence-corrected chi connectivity index (χ2v) is 6.35. The summed E-state index contributed by atoms with van der Waals surface area (Å²) < 4.78 is 2.93. The molecule has 1 N–H and O–H groups in total. The van der Waals surface area contributed by atoms with Gasteiger partial charge in [-0.05, 0) is 41.8 Å². The lowest BCUT2D eigenvalue weighted by Crippen LogP contribution is -2.25. The zero-order valence-corrected chi connectivity index (χ0v) is 14.7. The summed E-state index contributed by atoms with van der Waals surface area (Å²) >= 11 is 3.52. The van der Waals surface area contributed by atoms with Gasteiger partial charge in [0, 0.05) is 29.0 Å². The fraction of sp³-hybridized carbons (Fsp3) is 0.158. The van der Waals surface area contributed by atoms with Crippen LogP contribution >= 0.6 is 15.9 Å². The van der Waals surface area contributed by atoms with E-state index in [4.69, 9.17) is 0 Å². The minimum absolute atomic E-state index is 0.0484. The summed E-state index contributed by atoms with van der Waals surface area (Å²) in [6, 6.07) is 17.6. The summed E-state index contributed by atoms with van der Waals surface area (Å²) in [4.78, 5) is 12.2. The molecule has 1 aromatic heterocycles. The van der Waals surface area contributed by atoms with Crippen molar-refractivity contribution in [1.29, 1.82) is 0 Å². The molecule has 122 valence electrons. The standard InChI is InChI=1S/C19H18BrN3O/c20-18-5-2-1-4-16(18)10-12-21-19(24)17-8-6-15(7-9-17)14-23-13-3-11-22-23/h1-9,11,13H,10,12,14H2,(H,21,24). The van der Waals surface area contributed by atoms with Crippen LogP contribution in [0.15, 0.2) is 71.5 Å². The molecule has 0 aliphatic rings. The van der Waals surface area contributed by atoms with Gasteiger partial charge in [0.2, 0.25) is 0 Å². The second-order valence-electron chi connectivity index (χ2n) is 5.50. The quantitative estimate of drug-likeness (QED) is 0.705. The highest BCUT2D eigenvalue weighted by atomic mass is 79.9. The summed E-state index contributed by atoms with van der Waals surface area (Å²) in [7, 11) is 0. The van der Waals surface area contributed by atoms with Crippen molar-refractivity contribution in [2.45, 2.75) is 13.0 Å². The third kappa shape index (κ3) is 4.32. The normalized spacial score (nSPS) is 10.5. The van der Waals surface area contributed by atoms with Crippen molar-refractivity contribution in [3.8, 4) is 0 Å². The zero-order valence-electron chi connectivity index (χ0n) is 13.2. The van der Waals surface area contributed by atoms with Gasteiger partial charge in [-0.15, -0.1) is 0 Å². The Morgan fingerprint density at radius 1 is 1.08 bits per heavy atom. The van der Waals surface area contributed by atoms with Gasteiger partial charge in [-0.25, -0.2) is 0 Å². The smallest absolute Gasteiger partial charge is 0.251 e. The summed E-state index contributed by atoms with van der Waals surface area (Å²) in [5, 5.41) is 7.14. The Balaban J connectivity index is 1.52. The Labute approximate surface area is 149 Å². The Morgan fingerprint density at radius 2 is 1.88 bits per heavy atom. The van der Waals surface area contributed by atoms with Crippen LogP contribution < -0.4 is 5.32 Å². The van der Waals surface area contributed by atoms with Crippen LogP contribution in [0.3, 0.4) is 0 Å². The van der Waals surface area contributed by atoms with Gasteiger partial charge in [0.05, 0.1) is 6.54 Å². The van der Waals surface area contributed by atoms with Crippen molar-refractivity contribution >= 4 is 21.8 Å². The highest BCUT2D eigenvalue weighted by Crippen LogP contribution is 2.15. The van der Waals surface area contributed by atoms with E-state index in [1.807, 2.05) is 59.4 Å². The minimum Gasteiger partial charge on any atom is -0.352 e. The molecule has 2 aromatic carbocycles. The Hall–Kier alpha value is -2.40. The molecule has 24 heavy (non-hydrogen) atoms. The first kappa shape index (κ1) is 16.5. The van der Waals surface area contributed by atoms with Crippen molar-refractivity contribution in [3.05, 3.63) is 88.2 Å². The number of carbonyl (C=O) groups excluding carboxylic acids is 1. The average Bonchev–Trinajstić information content (AvgIpc) is 3.10. The van der Waals surface area contributed by atoms with Gasteiger partial charge < -0.3 is 5.32 Å². The molecule has 0 aliphatic heterocycles. The number of hydrogen-bond acceptors (Lipinski definition) is 2. The Kier molecular flexibility index (Phi) is 5.43. The highest BCUT2D eigenvalue weighted by molar-refractivity contribution is 9.10. The molecule has 0 spiro atoms. The van der Waals surface area contributed by atoms with E-state index in [0.29, 0.717) is 18.7 Å². The SMILES string of the molecule is O=C(NCCc1ccccc1Br)c1ccc(Cn2cccn2)cc1. The molecule has 0 fully saturated rings. The lowest BCUT2D eigenvalue weighted by molar-refractivity contribution is 0.0954. The van der Waals surface area contributed by atoms with Crippen LogP contribution in [-0.4, -0.2) is 22.2 Å². The lowest BCUT2D eigenvalue weighted by Gasteiger charge is -2.08. The third-order valence-corrected chi connectivity index (χ3v) is 4.53. The maximum atomic E-state index is 12.2. The van der Waals surface area contributed by atoms with E-state index in [0.717, 1.165) is 16.5 Å². The van der Waals surface area contributed by atoms with Crippen LogP contribution in [0.4, 0.5) is 0 Å². The number of benzene rings is 2. The van der Waals surface area contributed by atoms with E-state index in [9.17, 15) is 4.79 Å². The number of amides is 1. The van der Waals surface area contributed by atoms with Crippen molar-refractivity contribution in [3.63, 3.8) is 0 Å². The number of rotatable bonds is 6. The number of halogens is 1. The maximum absolute atomic E-state index is 12.2. The first-order chi connectivity index (χ1) is 11.7. The van der Waals surface area contributed by atoms with Crippen LogP contribution in [0.5, 0.6) is 0 Å².